The third-order valence-corrected chi connectivity index (χ3v) is 4.78. The van der Waals surface area contributed by atoms with Gasteiger partial charge in [0.05, 0.1) is 5.92 Å². The van der Waals surface area contributed by atoms with E-state index in [9.17, 15) is 4.79 Å². The van der Waals surface area contributed by atoms with Gasteiger partial charge >= 0.3 is 0 Å². The number of hydrogen-bond donors (Lipinski definition) is 1. The summed E-state index contributed by atoms with van der Waals surface area (Å²) in [7, 11) is 0. The molecule has 0 saturated carbocycles. The maximum Gasteiger partial charge on any atom is 0.276 e. The Morgan fingerprint density at radius 3 is 2.78 bits per heavy atom. The summed E-state index contributed by atoms with van der Waals surface area (Å²) in [6.07, 6.45) is 4.61. The van der Waals surface area contributed by atoms with E-state index >= 15 is 0 Å². The van der Waals surface area contributed by atoms with Crippen LogP contribution in [0.4, 0.5) is 5.82 Å². The Balaban J connectivity index is 1.51. The highest BCUT2D eigenvalue weighted by Gasteiger charge is 2.30. The fourth-order valence-electron chi connectivity index (χ4n) is 3.14. The summed E-state index contributed by atoms with van der Waals surface area (Å²) in [4.78, 5) is 26.9. The predicted molar refractivity (Wildman–Crippen MR) is 99.1 cm³/mol. The van der Waals surface area contributed by atoms with E-state index in [1.165, 1.54) is 12.4 Å². The average Bonchev–Trinajstić information content (AvgIpc) is 3.19. The van der Waals surface area contributed by atoms with E-state index in [0.29, 0.717) is 29.8 Å². The van der Waals surface area contributed by atoms with Gasteiger partial charge in [-0.2, -0.15) is 4.98 Å². The molecule has 9 heteroatoms. The van der Waals surface area contributed by atoms with E-state index in [-0.39, 0.29) is 23.3 Å². The first-order valence-corrected chi connectivity index (χ1v) is 8.95. The number of piperidine rings is 1. The van der Waals surface area contributed by atoms with Crippen LogP contribution in [0, 0.1) is 0 Å². The highest BCUT2D eigenvalue weighted by Crippen LogP contribution is 2.28. The van der Waals surface area contributed by atoms with E-state index in [2.05, 4.69) is 20.1 Å². The highest BCUT2D eigenvalue weighted by atomic mass is 35.5. The molecule has 1 aliphatic rings. The van der Waals surface area contributed by atoms with E-state index in [1.807, 2.05) is 12.1 Å². The Labute approximate surface area is 160 Å². The minimum absolute atomic E-state index is 0.0332. The summed E-state index contributed by atoms with van der Waals surface area (Å²) in [6.45, 7) is 1.10. The van der Waals surface area contributed by atoms with Crippen molar-refractivity contribution in [1.29, 1.82) is 0 Å². The lowest BCUT2D eigenvalue weighted by Crippen LogP contribution is -2.40. The summed E-state index contributed by atoms with van der Waals surface area (Å²) in [5.41, 5.74) is 6.78. The summed E-state index contributed by atoms with van der Waals surface area (Å²) in [6, 6.07) is 7.23. The number of nitrogens with two attached hydrogens (primary N) is 1. The summed E-state index contributed by atoms with van der Waals surface area (Å²) in [5.74, 6) is 0.886. The second kappa shape index (κ2) is 7.32. The van der Waals surface area contributed by atoms with Crippen molar-refractivity contribution in [1.82, 2.24) is 25.0 Å². The Hall–Kier alpha value is -3.00. The van der Waals surface area contributed by atoms with Gasteiger partial charge < -0.3 is 15.2 Å². The van der Waals surface area contributed by atoms with Gasteiger partial charge in [-0.25, -0.2) is 9.97 Å². The van der Waals surface area contributed by atoms with Crippen molar-refractivity contribution in [2.75, 3.05) is 18.8 Å². The molecule has 0 aliphatic carbocycles. The van der Waals surface area contributed by atoms with Crippen molar-refractivity contribution in [2.24, 2.45) is 0 Å². The van der Waals surface area contributed by atoms with Gasteiger partial charge in [-0.1, -0.05) is 16.8 Å². The van der Waals surface area contributed by atoms with E-state index < -0.39 is 0 Å². The van der Waals surface area contributed by atoms with Gasteiger partial charge in [0.1, 0.15) is 0 Å². The van der Waals surface area contributed by atoms with Gasteiger partial charge in [0, 0.05) is 36.1 Å². The first-order chi connectivity index (χ1) is 13.1. The van der Waals surface area contributed by atoms with Crippen LogP contribution in [0.15, 0.2) is 41.2 Å². The first kappa shape index (κ1) is 17.4. The molecule has 1 fully saturated rings. The van der Waals surface area contributed by atoms with Crippen LogP contribution in [-0.4, -0.2) is 44.0 Å². The highest BCUT2D eigenvalue weighted by molar-refractivity contribution is 6.30. The normalized spacial score (nSPS) is 17.1. The molecule has 1 saturated heterocycles. The quantitative estimate of drug-likeness (QED) is 0.738. The van der Waals surface area contributed by atoms with Crippen molar-refractivity contribution in [3.63, 3.8) is 0 Å². The zero-order valence-corrected chi connectivity index (χ0v) is 15.1. The molecule has 8 nitrogen and oxygen atoms in total. The minimum Gasteiger partial charge on any atom is -0.382 e. The number of likely N-dealkylation sites (tertiary alicyclic amines) is 1. The number of carbonyl (C=O) groups excluding carboxylic acids is 1. The molecular weight excluding hydrogens is 368 g/mol. The summed E-state index contributed by atoms with van der Waals surface area (Å²) < 4.78 is 5.46. The number of benzene rings is 1. The molecule has 0 bridgehead atoms. The molecule has 2 aromatic heterocycles. The summed E-state index contributed by atoms with van der Waals surface area (Å²) in [5, 5.41) is 4.70. The van der Waals surface area contributed by atoms with Crippen LogP contribution in [0.1, 0.15) is 35.1 Å². The molecule has 1 aromatic carbocycles. The number of rotatable bonds is 3. The van der Waals surface area contributed by atoms with Gasteiger partial charge in [-0.05, 0) is 37.1 Å². The molecule has 3 heterocycles. The van der Waals surface area contributed by atoms with Crippen molar-refractivity contribution >= 4 is 23.3 Å². The minimum atomic E-state index is -0.234. The second-order valence-electron chi connectivity index (χ2n) is 6.34. The lowest BCUT2D eigenvalue weighted by molar-refractivity contribution is 0.0690. The molecule has 138 valence electrons. The largest absolute Gasteiger partial charge is 0.382 e. The average molecular weight is 385 g/mol. The third kappa shape index (κ3) is 3.61. The van der Waals surface area contributed by atoms with Crippen LogP contribution < -0.4 is 5.73 Å². The van der Waals surface area contributed by atoms with Crippen LogP contribution >= 0.6 is 11.6 Å². The Morgan fingerprint density at radius 2 is 2.00 bits per heavy atom. The monoisotopic (exact) mass is 384 g/mol. The summed E-state index contributed by atoms with van der Waals surface area (Å²) >= 11 is 5.91. The van der Waals surface area contributed by atoms with Crippen LogP contribution in [0.2, 0.25) is 5.02 Å². The van der Waals surface area contributed by atoms with Crippen LogP contribution in [0.3, 0.4) is 0 Å². The van der Waals surface area contributed by atoms with Gasteiger partial charge in [-0.3, -0.25) is 4.79 Å². The molecule has 4 rings (SSSR count). The molecule has 0 spiro atoms. The second-order valence-corrected chi connectivity index (χ2v) is 6.78. The number of anilines is 1. The first-order valence-electron chi connectivity index (χ1n) is 8.57. The lowest BCUT2D eigenvalue weighted by Gasteiger charge is -2.30. The SMILES string of the molecule is Nc1nccnc1C(=O)N1CCCC(c2nc(-c3ccc(Cl)cc3)no2)C1. The maximum atomic E-state index is 12.7. The number of amides is 1. The Bertz CT molecular complexity index is 958. The Morgan fingerprint density at radius 1 is 1.22 bits per heavy atom. The molecule has 2 N–H and O–H groups in total. The fourth-order valence-corrected chi connectivity index (χ4v) is 3.27. The molecule has 1 atom stereocenters. The van der Waals surface area contributed by atoms with Gasteiger partial charge in [-0.15, -0.1) is 0 Å². The molecule has 3 aromatic rings. The molecule has 0 radical (unpaired) electrons. The number of nitrogens with zero attached hydrogens (tertiary/aromatic N) is 5. The van der Waals surface area contributed by atoms with Crippen molar-refractivity contribution < 1.29 is 9.32 Å². The van der Waals surface area contributed by atoms with E-state index in [4.69, 9.17) is 21.9 Å². The molecule has 1 aliphatic heterocycles. The number of hydrogen-bond acceptors (Lipinski definition) is 7. The number of nitrogen functional groups attached to an aromatic ring is 1. The standard InChI is InChI=1S/C18H17ClN6O2/c19-13-5-3-11(4-6-13)16-23-17(27-24-16)12-2-1-9-25(10-12)18(26)14-15(20)22-8-7-21-14/h3-8,12H,1-2,9-10H2,(H2,20,22). The Kier molecular flexibility index (Phi) is 4.72. The topological polar surface area (TPSA) is 111 Å². The van der Waals surface area contributed by atoms with Crippen molar-refractivity contribution in [3.8, 4) is 11.4 Å². The van der Waals surface area contributed by atoms with Crippen molar-refractivity contribution in [2.45, 2.75) is 18.8 Å². The number of aromatic nitrogens is 4. The maximum absolute atomic E-state index is 12.7. The van der Waals surface area contributed by atoms with Gasteiger partial charge in [0.25, 0.3) is 5.91 Å². The van der Waals surface area contributed by atoms with Crippen LogP contribution in [0.25, 0.3) is 11.4 Å². The van der Waals surface area contributed by atoms with E-state index in [0.717, 1.165) is 18.4 Å². The smallest absolute Gasteiger partial charge is 0.276 e. The van der Waals surface area contributed by atoms with Gasteiger partial charge in [0.15, 0.2) is 11.5 Å². The predicted octanol–water partition coefficient (Wildman–Crippen LogP) is 2.78. The number of carbonyl (C=O) groups is 1. The molecule has 27 heavy (non-hydrogen) atoms. The molecule has 1 amide bonds. The van der Waals surface area contributed by atoms with Crippen LogP contribution in [0.5, 0.6) is 0 Å². The van der Waals surface area contributed by atoms with Crippen LogP contribution in [-0.2, 0) is 0 Å². The molecular formula is C18H17ClN6O2. The van der Waals surface area contributed by atoms with Gasteiger partial charge in [0.2, 0.25) is 11.7 Å². The zero-order valence-electron chi connectivity index (χ0n) is 14.4. The third-order valence-electron chi connectivity index (χ3n) is 4.53. The van der Waals surface area contributed by atoms with Crippen molar-refractivity contribution in [3.05, 3.63) is 53.3 Å². The fraction of sp³-hybridized carbons (Fsp3) is 0.278. The molecule has 1 unspecified atom stereocenters. The van der Waals surface area contributed by atoms with E-state index in [1.54, 1.807) is 17.0 Å². The number of halogens is 1. The zero-order chi connectivity index (χ0) is 18.8. The lowest BCUT2D eigenvalue weighted by atomic mass is 9.97.